The number of hydrogen-bond donors (Lipinski definition) is 2. The predicted octanol–water partition coefficient (Wildman–Crippen LogP) is 4.16. The second-order valence-electron chi connectivity index (χ2n) is 4.80. The van der Waals surface area contributed by atoms with Gasteiger partial charge in [0.25, 0.3) is 0 Å². The first-order valence-electron chi connectivity index (χ1n) is 6.24. The number of nitrogens with two attached hydrogens (primary N) is 1. The van der Waals surface area contributed by atoms with Crippen LogP contribution >= 0.6 is 11.6 Å². The highest BCUT2D eigenvalue weighted by atomic mass is 35.5. The van der Waals surface area contributed by atoms with Crippen LogP contribution in [-0.4, -0.2) is 0 Å². The number of aryl methyl sites for hydroxylation is 1. The number of nitrogen functional groups attached to an aromatic ring is 1. The largest absolute Gasteiger partial charge is 0.399 e. The van der Waals surface area contributed by atoms with Gasteiger partial charge in [0, 0.05) is 5.69 Å². The minimum absolute atomic E-state index is 0.114. The van der Waals surface area contributed by atoms with Crippen LogP contribution in [0.3, 0.4) is 0 Å². The fraction of sp³-hybridized carbons (Fsp3) is 0.200. The first-order valence-corrected chi connectivity index (χ1v) is 6.62. The van der Waals surface area contributed by atoms with Crippen LogP contribution < -0.4 is 11.1 Å². The van der Waals surface area contributed by atoms with Crippen molar-refractivity contribution in [2.24, 2.45) is 0 Å². The van der Waals surface area contributed by atoms with Crippen LogP contribution in [0.1, 0.15) is 23.6 Å². The number of hydrogen-bond acceptors (Lipinski definition) is 2. The molecule has 0 amide bonds. The van der Waals surface area contributed by atoms with Crippen LogP contribution in [0.2, 0.25) is 5.02 Å². The average molecular weight is 277 g/mol. The van der Waals surface area contributed by atoms with Gasteiger partial charge < -0.3 is 11.1 Å². The third kappa shape index (κ3) is 2.26. The van der Waals surface area contributed by atoms with E-state index in [-0.39, 0.29) is 11.1 Å². The normalized spacial score (nSPS) is 17.3. The van der Waals surface area contributed by atoms with Crippen LogP contribution in [0.15, 0.2) is 36.4 Å². The standard InChI is InChI=1S/C15H14ClFN2/c16-12-2-1-3-14(15(12)17)19-13-7-4-9-8-10(18)5-6-11(9)13/h1-3,5-6,8,13,19H,4,7,18H2. The highest BCUT2D eigenvalue weighted by molar-refractivity contribution is 6.31. The summed E-state index contributed by atoms with van der Waals surface area (Å²) in [6.45, 7) is 0. The van der Waals surface area contributed by atoms with Gasteiger partial charge in [-0.05, 0) is 48.2 Å². The Balaban J connectivity index is 1.89. The molecule has 2 aromatic carbocycles. The lowest BCUT2D eigenvalue weighted by Crippen LogP contribution is -2.08. The molecule has 19 heavy (non-hydrogen) atoms. The molecule has 0 spiro atoms. The first-order chi connectivity index (χ1) is 9.15. The monoisotopic (exact) mass is 276 g/mol. The van der Waals surface area contributed by atoms with E-state index < -0.39 is 5.82 Å². The SMILES string of the molecule is Nc1ccc2c(c1)CCC2Nc1cccc(Cl)c1F. The average Bonchev–Trinajstić information content (AvgIpc) is 2.77. The van der Waals surface area contributed by atoms with E-state index in [1.165, 1.54) is 11.1 Å². The summed E-state index contributed by atoms with van der Waals surface area (Å²) in [6, 6.07) is 11.0. The summed E-state index contributed by atoms with van der Waals surface area (Å²) < 4.78 is 13.9. The zero-order valence-corrected chi connectivity index (χ0v) is 11.0. The summed E-state index contributed by atoms with van der Waals surface area (Å²) in [7, 11) is 0. The van der Waals surface area contributed by atoms with Crippen molar-refractivity contribution < 1.29 is 4.39 Å². The molecule has 2 aromatic rings. The quantitative estimate of drug-likeness (QED) is 0.808. The topological polar surface area (TPSA) is 38.0 Å². The fourth-order valence-electron chi connectivity index (χ4n) is 2.59. The lowest BCUT2D eigenvalue weighted by molar-refractivity contribution is 0.625. The lowest BCUT2D eigenvalue weighted by Gasteiger charge is -2.16. The molecule has 3 N–H and O–H groups in total. The van der Waals surface area contributed by atoms with Gasteiger partial charge in [0.05, 0.1) is 16.8 Å². The van der Waals surface area contributed by atoms with Crippen LogP contribution in [0.4, 0.5) is 15.8 Å². The van der Waals surface area contributed by atoms with Crippen LogP contribution in [0, 0.1) is 5.82 Å². The molecule has 0 saturated carbocycles. The molecule has 1 aliphatic rings. The summed E-state index contributed by atoms with van der Waals surface area (Å²) in [4.78, 5) is 0. The van der Waals surface area contributed by atoms with Crippen molar-refractivity contribution in [2.75, 3.05) is 11.1 Å². The van der Waals surface area contributed by atoms with Crippen molar-refractivity contribution >= 4 is 23.0 Å². The number of halogens is 2. The minimum atomic E-state index is -0.395. The van der Waals surface area contributed by atoms with Gasteiger partial charge in [-0.25, -0.2) is 4.39 Å². The van der Waals surface area contributed by atoms with E-state index >= 15 is 0 Å². The van der Waals surface area contributed by atoms with E-state index in [0.717, 1.165) is 18.5 Å². The molecule has 2 nitrogen and oxygen atoms in total. The van der Waals surface area contributed by atoms with Crippen molar-refractivity contribution in [3.8, 4) is 0 Å². The third-order valence-corrected chi connectivity index (χ3v) is 3.82. The number of benzene rings is 2. The van der Waals surface area contributed by atoms with Gasteiger partial charge in [0.2, 0.25) is 0 Å². The summed E-state index contributed by atoms with van der Waals surface area (Å²) in [5.74, 6) is -0.395. The Morgan fingerprint density at radius 1 is 1.26 bits per heavy atom. The Hall–Kier alpha value is -1.74. The van der Waals surface area contributed by atoms with E-state index in [4.69, 9.17) is 17.3 Å². The van der Waals surface area contributed by atoms with Gasteiger partial charge in [-0.1, -0.05) is 23.7 Å². The Morgan fingerprint density at radius 2 is 2.11 bits per heavy atom. The Labute approximate surface area is 116 Å². The van der Waals surface area contributed by atoms with Crippen molar-refractivity contribution in [3.05, 3.63) is 58.4 Å². The summed E-state index contributed by atoms with van der Waals surface area (Å²) >= 11 is 5.79. The second kappa shape index (κ2) is 4.74. The zero-order valence-electron chi connectivity index (χ0n) is 10.3. The summed E-state index contributed by atoms with van der Waals surface area (Å²) in [5.41, 5.74) is 9.42. The Morgan fingerprint density at radius 3 is 2.95 bits per heavy atom. The number of nitrogens with one attached hydrogen (secondary N) is 1. The van der Waals surface area contributed by atoms with Crippen molar-refractivity contribution in [1.82, 2.24) is 0 Å². The van der Waals surface area contributed by atoms with Crippen molar-refractivity contribution in [1.29, 1.82) is 0 Å². The molecule has 0 aromatic heterocycles. The zero-order chi connectivity index (χ0) is 13.4. The maximum absolute atomic E-state index is 13.9. The summed E-state index contributed by atoms with van der Waals surface area (Å²) in [6.07, 6.45) is 1.89. The van der Waals surface area contributed by atoms with Crippen LogP contribution in [0.25, 0.3) is 0 Å². The van der Waals surface area contributed by atoms with E-state index in [9.17, 15) is 4.39 Å². The van der Waals surface area contributed by atoms with E-state index in [0.29, 0.717) is 5.69 Å². The number of anilines is 2. The summed E-state index contributed by atoms with van der Waals surface area (Å²) in [5, 5.41) is 3.36. The van der Waals surface area contributed by atoms with E-state index in [1.54, 1.807) is 18.2 Å². The van der Waals surface area contributed by atoms with Gasteiger partial charge in [-0.15, -0.1) is 0 Å². The molecular weight excluding hydrogens is 263 g/mol. The highest BCUT2D eigenvalue weighted by Crippen LogP contribution is 2.36. The van der Waals surface area contributed by atoms with Crippen LogP contribution in [-0.2, 0) is 6.42 Å². The molecule has 4 heteroatoms. The molecule has 0 fully saturated rings. The second-order valence-corrected chi connectivity index (χ2v) is 5.20. The molecule has 0 bridgehead atoms. The first kappa shape index (κ1) is 12.3. The maximum Gasteiger partial charge on any atom is 0.164 e. The van der Waals surface area contributed by atoms with Gasteiger partial charge in [-0.2, -0.15) is 0 Å². The molecule has 0 radical (unpaired) electrons. The molecule has 0 heterocycles. The van der Waals surface area contributed by atoms with Crippen LogP contribution in [0.5, 0.6) is 0 Å². The molecule has 1 atom stereocenters. The third-order valence-electron chi connectivity index (χ3n) is 3.53. The number of fused-ring (bicyclic) bond motifs is 1. The predicted molar refractivity (Wildman–Crippen MR) is 76.9 cm³/mol. The van der Waals surface area contributed by atoms with Crippen molar-refractivity contribution in [3.63, 3.8) is 0 Å². The van der Waals surface area contributed by atoms with Gasteiger partial charge >= 0.3 is 0 Å². The molecule has 3 rings (SSSR count). The highest BCUT2D eigenvalue weighted by Gasteiger charge is 2.23. The van der Waals surface area contributed by atoms with Gasteiger partial charge in [0.15, 0.2) is 5.82 Å². The Kier molecular flexibility index (Phi) is 3.07. The minimum Gasteiger partial charge on any atom is -0.399 e. The van der Waals surface area contributed by atoms with Crippen molar-refractivity contribution in [2.45, 2.75) is 18.9 Å². The number of rotatable bonds is 2. The van der Waals surface area contributed by atoms with E-state index in [2.05, 4.69) is 5.32 Å². The molecule has 98 valence electrons. The Bertz CT molecular complexity index is 628. The molecule has 0 saturated heterocycles. The molecule has 1 unspecified atom stereocenters. The van der Waals surface area contributed by atoms with Gasteiger partial charge in [-0.3, -0.25) is 0 Å². The van der Waals surface area contributed by atoms with E-state index in [1.807, 2.05) is 18.2 Å². The molecular formula is C15H14ClFN2. The fourth-order valence-corrected chi connectivity index (χ4v) is 2.76. The lowest BCUT2D eigenvalue weighted by atomic mass is 10.1. The smallest absolute Gasteiger partial charge is 0.164 e. The molecule has 1 aliphatic carbocycles. The maximum atomic E-state index is 13.9. The van der Waals surface area contributed by atoms with Gasteiger partial charge in [0.1, 0.15) is 0 Å². The molecule has 0 aliphatic heterocycles.